The Morgan fingerprint density at radius 1 is 1.56 bits per heavy atom. The summed E-state index contributed by atoms with van der Waals surface area (Å²) < 4.78 is 11.7. The van der Waals surface area contributed by atoms with Crippen LogP contribution in [0.5, 0.6) is 5.75 Å². The van der Waals surface area contributed by atoms with Crippen molar-refractivity contribution in [1.29, 1.82) is 0 Å². The lowest BCUT2D eigenvalue weighted by molar-refractivity contribution is 0.0709. The molecule has 0 bridgehead atoms. The molecule has 1 heterocycles. The van der Waals surface area contributed by atoms with Gasteiger partial charge in [0.25, 0.3) is 5.54 Å². The lowest BCUT2D eigenvalue weighted by Crippen LogP contribution is -2.30. The number of ether oxygens (including phenoxy) is 2. The molecule has 16 heavy (non-hydrogen) atoms. The molecular formula is C12H12BrNO2. The number of hydrogen-bond donors (Lipinski definition) is 0. The van der Waals surface area contributed by atoms with Gasteiger partial charge in [-0.05, 0) is 12.1 Å². The summed E-state index contributed by atoms with van der Waals surface area (Å²) in [6.45, 7) is 10.1. The Morgan fingerprint density at radius 3 is 2.94 bits per heavy atom. The summed E-state index contributed by atoms with van der Waals surface area (Å²) in [6.07, 6.45) is 0. The summed E-state index contributed by atoms with van der Waals surface area (Å²) in [6, 6.07) is 3.89. The predicted molar refractivity (Wildman–Crippen MR) is 64.3 cm³/mol. The summed E-state index contributed by atoms with van der Waals surface area (Å²) in [5, 5.41) is 0. The minimum absolute atomic E-state index is 0.434. The molecule has 1 aromatic carbocycles. The fourth-order valence-corrected chi connectivity index (χ4v) is 2.38. The van der Waals surface area contributed by atoms with Crippen molar-refractivity contribution in [3.63, 3.8) is 0 Å². The molecule has 2 rings (SSSR count). The van der Waals surface area contributed by atoms with Crippen LogP contribution in [0, 0.1) is 6.57 Å². The molecule has 3 nitrogen and oxygen atoms in total. The van der Waals surface area contributed by atoms with Gasteiger partial charge in [0, 0.05) is 22.5 Å². The Labute approximate surface area is 103 Å². The second kappa shape index (κ2) is 4.08. The van der Waals surface area contributed by atoms with Gasteiger partial charge in [-0.1, -0.05) is 15.9 Å². The van der Waals surface area contributed by atoms with Gasteiger partial charge in [0.1, 0.15) is 12.4 Å². The molecule has 4 heteroatoms. The predicted octanol–water partition coefficient (Wildman–Crippen LogP) is 3.12. The third-order valence-corrected chi connectivity index (χ3v) is 3.31. The van der Waals surface area contributed by atoms with E-state index in [9.17, 15) is 0 Å². The first-order chi connectivity index (χ1) is 7.60. The van der Waals surface area contributed by atoms with E-state index in [1.165, 1.54) is 0 Å². The van der Waals surface area contributed by atoms with Crippen molar-refractivity contribution in [2.75, 3.05) is 13.7 Å². The zero-order chi connectivity index (χ0) is 11.8. The molecule has 0 radical (unpaired) electrons. The minimum atomic E-state index is -0.607. The molecule has 1 aliphatic rings. The van der Waals surface area contributed by atoms with E-state index in [4.69, 9.17) is 16.0 Å². The van der Waals surface area contributed by atoms with E-state index < -0.39 is 5.54 Å². The molecule has 1 aliphatic heterocycles. The van der Waals surface area contributed by atoms with Gasteiger partial charge in [0.05, 0.1) is 13.7 Å². The van der Waals surface area contributed by atoms with Crippen LogP contribution in [0.2, 0.25) is 0 Å². The second-order valence-electron chi connectivity index (χ2n) is 4.01. The maximum absolute atomic E-state index is 7.31. The van der Waals surface area contributed by atoms with Crippen LogP contribution in [0.3, 0.4) is 0 Å². The number of benzene rings is 1. The molecule has 1 unspecified atom stereocenters. The Kier molecular flexibility index (Phi) is 2.92. The summed E-state index contributed by atoms with van der Waals surface area (Å²) in [4.78, 5) is 3.69. The SMILES string of the molecule is [C-]#[N+]C1(C)COCc2c(OC)cc(Br)cc21. The van der Waals surface area contributed by atoms with E-state index in [2.05, 4.69) is 20.8 Å². The fraction of sp³-hybridized carbons (Fsp3) is 0.417. The molecule has 0 aromatic heterocycles. The standard InChI is InChI=1S/C12H12BrNO2/c1-12(14-2)7-16-6-9-10(12)4-8(13)5-11(9)15-3/h4-5H,6-7H2,1,3H3. The van der Waals surface area contributed by atoms with E-state index in [-0.39, 0.29) is 0 Å². The second-order valence-corrected chi connectivity index (χ2v) is 4.93. The lowest BCUT2D eigenvalue weighted by Gasteiger charge is -2.27. The normalized spacial score (nSPS) is 23.4. The van der Waals surface area contributed by atoms with Crippen molar-refractivity contribution in [3.8, 4) is 5.75 Å². The van der Waals surface area contributed by atoms with Crippen LogP contribution in [0.15, 0.2) is 16.6 Å². The first-order valence-electron chi connectivity index (χ1n) is 4.94. The number of fused-ring (bicyclic) bond motifs is 1. The Balaban J connectivity index is 2.66. The van der Waals surface area contributed by atoms with E-state index >= 15 is 0 Å². The number of rotatable bonds is 1. The molecule has 0 spiro atoms. The molecule has 0 amide bonds. The first-order valence-corrected chi connectivity index (χ1v) is 5.73. The molecule has 0 aliphatic carbocycles. The van der Waals surface area contributed by atoms with Crippen molar-refractivity contribution in [2.24, 2.45) is 0 Å². The highest BCUT2D eigenvalue weighted by atomic mass is 79.9. The summed E-state index contributed by atoms with van der Waals surface area (Å²) in [5.74, 6) is 0.777. The van der Waals surface area contributed by atoms with Crippen molar-refractivity contribution in [2.45, 2.75) is 19.1 Å². The van der Waals surface area contributed by atoms with Crippen LogP contribution < -0.4 is 4.74 Å². The maximum Gasteiger partial charge on any atom is 0.278 e. The molecule has 0 saturated heterocycles. The zero-order valence-corrected chi connectivity index (χ0v) is 10.8. The van der Waals surface area contributed by atoms with Crippen molar-refractivity contribution >= 4 is 15.9 Å². The van der Waals surface area contributed by atoms with Crippen LogP contribution in [-0.2, 0) is 16.9 Å². The summed E-state index contributed by atoms with van der Waals surface area (Å²) >= 11 is 3.44. The third kappa shape index (κ3) is 1.70. The van der Waals surface area contributed by atoms with Crippen LogP contribution in [0.1, 0.15) is 18.1 Å². The van der Waals surface area contributed by atoms with Gasteiger partial charge in [0.15, 0.2) is 0 Å². The van der Waals surface area contributed by atoms with Gasteiger partial charge in [-0.25, -0.2) is 6.57 Å². The molecule has 84 valence electrons. The van der Waals surface area contributed by atoms with Gasteiger partial charge >= 0.3 is 0 Å². The van der Waals surface area contributed by atoms with Gasteiger partial charge in [-0.3, -0.25) is 0 Å². The molecule has 0 fully saturated rings. The molecule has 0 saturated carbocycles. The number of halogens is 1. The highest BCUT2D eigenvalue weighted by molar-refractivity contribution is 9.10. The Morgan fingerprint density at radius 2 is 2.31 bits per heavy atom. The van der Waals surface area contributed by atoms with Crippen molar-refractivity contribution in [1.82, 2.24) is 0 Å². The summed E-state index contributed by atoms with van der Waals surface area (Å²) in [7, 11) is 1.63. The molecular weight excluding hydrogens is 270 g/mol. The van der Waals surface area contributed by atoms with Gasteiger partial charge in [0.2, 0.25) is 0 Å². The number of methoxy groups -OCH3 is 1. The maximum atomic E-state index is 7.31. The quantitative estimate of drug-likeness (QED) is 0.739. The topological polar surface area (TPSA) is 22.8 Å². The van der Waals surface area contributed by atoms with E-state index in [0.717, 1.165) is 21.3 Å². The largest absolute Gasteiger partial charge is 0.496 e. The third-order valence-electron chi connectivity index (χ3n) is 2.85. The van der Waals surface area contributed by atoms with Crippen LogP contribution in [0.25, 0.3) is 4.85 Å². The van der Waals surface area contributed by atoms with Gasteiger partial charge in [-0.2, -0.15) is 0 Å². The monoisotopic (exact) mass is 281 g/mol. The van der Waals surface area contributed by atoms with E-state index in [1.807, 2.05) is 19.1 Å². The van der Waals surface area contributed by atoms with E-state index in [0.29, 0.717) is 13.2 Å². The van der Waals surface area contributed by atoms with E-state index in [1.54, 1.807) is 7.11 Å². The Hall–Kier alpha value is -1.05. The average molecular weight is 282 g/mol. The van der Waals surface area contributed by atoms with Gasteiger partial charge in [-0.15, -0.1) is 0 Å². The smallest absolute Gasteiger partial charge is 0.278 e. The highest BCUT2D eigenvalue weighted by Gasteiger charge is 2.40. The fourth-order valence-electron chi connectivity index (χ4n) is 1.95. The van der Waals surface area contributed by atoms with Crippen molar-refractivity contribution in [3.05, 3.63) is 39.1 Å². The lowest BCUT2D eigenvalue weighted by atomic mass is 9.87. The average Bonchev–Trinajstić information content (AvgIpc) is 2.29. The minimum Gasteiger partial charge on any atom is -0.496 e. The number of hydrogen-bond acceptors (Lipinski definition) is 2. The molecule has 0 N–H and O–H groups in total. The van der Waals surface area contributed by atoms with Crippen molar-refractivity contribution < 1.29 is 9.47 Å². The molecule has 1 aromatic rings. The zero-order valence-electron chi connectivity index (χ0n) is 9.21. The highest BCUT2D eigenvalue weighted by Crippen LogP contribution is 2.40. The molecule has 1 atom stereocenters. The van der Waals surface area contributed by atoms with Crippen LogP contribution >= 0.6 is 15.9 Å². The van der Waals surface area contributed by atoms with Gasteiger partial charge < -0.3 is 14.3 Å². The summed E-state index contributed by atoms with van der Waals surface area (Å²) in [5.41, 5.74) is 1.38. The Bertz CT molecular complexity index is 467. The van der Waals surface area contributed by atoms with Crippen LogP contribution in [-0.4, -0.2) is 13.7 Å². The van der Waals surface area contributed by atoms with Crippen LogP contribution in [0.4, 0.5) is 0 Å². The first kappa shape index (κ1) is 11.4. The number of nitrogens with zero attached hydrogens (tertiary/aromatic N) is 1.